The van der Waals surface area contributed by atoms with Gasteiger partial charge in [0, 0.05) is 25.2 Å². The number of nitrogens with one attached hydrogen (secondary N) is 1. The zero-order valence-corrected chi connectivity index (χ0v) is 15.1. The molecular formula is C19H24N2O2S. The molecule has 128 valence electrons. The molecule has 1 aliphatic heterocycles. The molecule has 2 heterocycles. The Labute approximate surface area is 147 Å². The lowest BCUT2D eigenvalue weighted by atomic mass is 10.1. The Bertz CT molecular complexity index is 676. The van der Waals surface area contributed by atoms with Gasteiger partial charge in [-0.25, -0.2) is 0 Å². The summed E-state index contributed by atoms with van der Waals surface area (Å²) in [5, 5.41) is 4.19. The predicted molar refractivity (Wildman–Crippen MR) is 100.0 cm³/mol. The second-order valence-electron chi connectivity index (χ2n) is 6.40. The smallest absolute Gasteiger partial charge is 0.261 e. The molecule has 1 fully saturated rings. The van der Waals surface area contributed by atoms with Gasteiger partial charge in [0.05, 0.1) is 23.1 Å². The molecule has 1 saturated heterocycles. The topological polar surface area (TPSA) is 41.6 Å². The summed E-state index contributed by atoms with van der Waals surface area (Å²) in [6.07, 6.45) is 0. The van der Waals surface area contributed by atoms with Crippen LogP contribution in [-0.2, 0) is 4.74 Å². The first-order valence-corrected chi connectivity index (χ1v) is 9.27. The standard InChI is InChI=1S/C19H24N2O2S/c1-14(2)13-20-18(22)17-12-16(15-6-4-3-5-7-15)19(24-17)21-8-10-23-11-9-21/h3-7,12,14H,8-11,13H2,1-2H3,(H,20,22). The molecule has 4 nitrogen and oxygen atoms in total. The van der Waals surface area contributed by atoms with Gasteiger partial charge in [-0.05, 0) is 17.5 Å². The molecule has 5 heteroatoms. The Hall–Kier alpha value is -1.85. The molecule has 24 heavy (non-hydrogen) atoms. The van der Waals surface area contributed by atoms with Crippen molar-refractivity contribution in [2.45, 2.75) is 13.8 Å². The number of ether oxygens (including phenoxy) is 1. The summed E-state index contributed by atoms with van der Waals surface area (Å²) in [4.78, 5) is 15.6. The first-order valence-electron chi connectivity index (χ1n) is 8.45. The minimum absolute atomic E-state index is 0.0189. The molecule has 0 atom stereocenters. The minimum atomic E-state index is 0.0189. The highest BCUT2D eigenvalue weighted by Crippen LogP contribution is 2.39. The van der Waals surface area contributed by atoms with Crippen molar-refractivity contribution in [2.75, 3.05) is 37.7 Å². The molecule has 1 aromatic heterocycles. The van der Waals surface area contributed by atoms with E-state index in [9.17, 15) is 4.79 Å². The molecule has 3 rings (SSSR count). The van der Waals surface area contributed by atoms with E-state index in [-0.39, 0.29) is 5.91 Å². The molecule has 0 spiro atoms. The van der Waals surface area contributed by atoms with E-state index in [0.717, 1.165) is 42.3 Å². The number of thiophene rings is 1. The predicted octanol–water partition coefficient (Wildman–Crippen LogP) is 3.64. The van der Waals surface area contributed by atoms with Crippen LogP contribution in [0.4, 0.5) is 5.00 Å². The normalized spacial score (nSPS) is 14.9. The summed E-state index contributed by atoms with van der Waals surface area (Å²) >= 11 is 1.58. The fourth-order valence-electron chi connectivity index (χ4n) is 2.70. The SMILES string of the molecule is CC(C)CNC(=O)c1cc(-c2ccccc2)c(N2CCOCC2)s1. The van der Waals surface area contributed by atoms with Crippen LogP contribution in [0.3, 0.4) is 0 Å². The molecule has 0 radical (unpaired) electrons. The van der Waals surface area contributed by atoms with Crippen LogP contribution < -0.4 is 10.2 Å². The van der Waals surface area contributed by atoms with Crippen LogP contribution in [0.1, 0.15) is 23.5 Å². The number of carbonyl (C=O) groups is 1. The van der Waals surface area contributed by atoms with Crippen LogP contribution in [-0.4, -0.2) is 38.8 Å². The van der Waals surface area contributed by atoms with E-state index in [2.05, 4.69) is 36.2 Å². The van der Waals surface area contributed by atoms with Crippen molar-refractivity contribution in [3.05, 3.63) is 41.3 Å². The number of hydrogen-bond acceptors (Lipinski definition) is 4. The van der Waals surface area contributed by atoms with Crippen LogP contribution in [0.2, 0.25) is 0 Å². The van der Waals surface area contributed by atoms with Crippen molar-refractivity contribution < 1.29 is 9.53 Å². The third-order valence-electron chi connectivity index (χ3n) is 3.99. The summed E-state index contributed by atoms with van der Waals surface area (Å²) in [7, 11) is 0. The minimum Gasteiger partial charge on any atom is -0.378 e. The van der Waals surface area contributed by atoms with Crippen molar-refractivity contribution >= 4 is 22.2 Å². The molecule has 1 aliphatic rings. The number of nitrogens with zero attached hydrogens (tertiary/aromatic N) is 1. The molecule has 2 aromatic rings. The Morgan fingerprint density at radius 1 is 1.25 bits per heavy atom. The van der Waals surface area contributed by atoms with Gasteiger partial charge < -0.3 is 15.0 Å². The first kappa shape index (κ1) is 17.0. The van der Waals surface area contributed by atoms with Crippen LogP contribution in [0.15, 0.2) is 36.4 Å². The van der Waals surface area contributed by atoms with Crippen LogP contribution in [0, 0.1) is 5.92 Å². The van der Waals surface area contributed by atoms with E-state index in [1.807, 2.05) is 24.3 Å². The van der Waals surface area contributed by atoms with Crippen molar-refractivity contribution in [1.82, 2.24) is 5.32 Å². The maximum Gasteiger partial charge on any atom is 0.261 e. The van der Waals surface area contributed by atoms with Gasteiger partial charge in [-0.1, -0.05) is 44.2 Å². The fourth-order valence-corrected chi connectivity index (χ4v) is 3.85. The van der Waals surface area contributed by atoms with Gasteiger partial charge in [0.25, 0.3) is 5.91 Å². The Balaban J connectivity index is 1.91. The van der Waals surface area contributed by atoms with Crippen LogP contribution >= 0.6 is 11.3 Å². The van der Waals surface area contributed by atoms with Crippen molar-refractivity contribution in [1.29, 1.82) is 0 Å². The maximum atomic E-state index is 12.5. The third kappa shape index (κ3) is 3.97. The molecule has 0 aliphatic carbocycles. The quantitative estimate of drug-likeness (QED) is 0.900. The molecule has 1 aromatic carbocycles. The number of carbonyl (C=O) groups excluding carboxylic acids is 1. The van der Waals surface area contributed by atoms with E-state index >= 15 is 0 Å². The van der Waals surface area contributed by atoms with E-state index < -0.39 is 0 Å². The Kier molecular flexibility index (Phi) is 5.53. The second kappa shape index (κ2) is 7.81. The lowest BCUT2D eigenvalue weighted by Gasteiger charge is -2.28. The largest absolute Gasteiger partial charge is 0.378 e. The fraction of sp³-hybridized carbons (Fsp3) is 0.421. The highest BCUT2D eigenvalue weighted by Gasteiger charge is 2.21. The number of morpholine rings is 1. The third-order valence-corrected chi connectivity index (χ3v) is 5.18. The molecule has 0 saturated carbocycles. The highest BCUT2D eigenvalue weighted by molar-refractivity contribution is 7.18. The van der Waals surface area contributed by atoms with Crippen molar-refractivity contribution in [3.63, 3.8) is 0 Å². The van der Waals surface area contributed by atoms with Gasteiger partial charge in [0.15, 0.2) is 0 Å². The van der Waals surface area contributed by atoms with Gasteiger partial charge in [-0.15, -0.1) is 11.3 Å². The summed E-state index contributed by atoms with van der Waals surface area (Å²) in [6.45, 7) is 8.11. The number of anilines is 1. The van der Waals surface area contributed by atoms with Gasteiger partial charge in [-0.3, -0.25) is 4.79 Å². The van der Waals surface area contributed by atoms with E-state index in [4.69, 9.17) is 4.74 Å². The number of amides is 1. The summed E-state index contributed by atoms with van der Waals surface area (Å²) < 4.78 is 5.47. The van der Waals surface area contributed by atoms with E-state index in [1.165, 1.54) is 5.00 Å². The van der Waals surface area contributed by atoms with Gasteiger partial charge in [0.1, 0.15) is 0 Å². The van der Waals surface area contributed by atoms with Crippen LogP contribution in [0.25, 0.3) is 11.1 Å². The lowest BCUT2D eigenvalue weighted by Crippen LogP contribution is -2.35. The van der Waals surface area contributed by atoms with Crippen molar-refractivity contribution in [2.24, 2.45) is 5.92 Å². The summed E-state index contributed by atoms with van der Waals surface area (Å²) in [5.74, 6) is 0.464. The summed E-state index contributed by atoms with van der Waals surface area (Å²) in [6, 6.07) is 12.3. The zero-order chi connectivity index (χ0) is 16.9. The van der Waals surface area contributed by atoms with Crippen molar-refractivity contribution in [3.8, 4) is 11.1 Å². The molecular weight excluding hydrogens is 320 g/mol. The highest BCUT2D eigenvalue weighted by atomic mass is 32.1. The number of rotatable bonds is 5. The lowest BCUT2D eigenvalue weighted by molar-refractivity contribution is 0.0953. The van der Waals surface area contributed by atoms with Gasteiger partial charge >= 0.3 is 0 Å². The molecule has 0 unspecified atom stereocenters. The average Bonchev–Trinajstić information content (AvgIpc) is 3.06. The van der Waals surface area contributed by atoms with E-state index in [0.29, 0.717) is 12.5 Å². The monoisotopic (exact) mass is 344 g/mol. The molecule has 1 N–H and O–H groups in total. The zero-order valence-electron chi connectivity index (χ0n) is 14.2. The Morgan fingerprint density at radius 3 is 2.62 bits per heavy atom. The number of benzene rings is 1. The van der Waals surface area contributed by atoms with Gasteiger partial charge in [-0.2, -0.15) is 0 Å². The summed E-state index contributed by atoms with van der Waals surface area (Å²) in [5.41, 5.74) is 2.29. The molecule has 0 bridgehead atoms. The number of hydrogen-bond donors (Lipinski definition) is 1. The Morgan fingerprint density at radius 2 is 1.96 bits per heavy atom. The maximum absolute atomic E-state index is 12.5. The van der Waals surface area contributed by atoms with Gasteiger partial charge in [0.2, 0.25) is 0 Å². The van der Waals surface area contributed by atoms with E-state index in [1.54, 1.807) is 11.3 Å². The van der Waals surface area contributed by atoms with Crippen LogP contribution in [0.5, 0.6) is 0 Å². The average molecular weight is 344 g/mol. The second-order valence-corrected chi connectivity index (χ2v) is 7.43. The first-order chi connectivity index (χ1) is 11.6. The molecule has 1 amide bonds.